The van der Waals surface area contributed by atoms with Crippen molar-refractivity contribution in [2.75, 3.05) is 25.1 Å². The average Bonchev–Trinajstić information content (AvgIpc) is 3.17. The first kappa shape index (κ1) is 19.2. The summed E-state index contributed by atoms with van der Waals surface area (Å²) in [7, 11) is 0. The molecule has 0 aliphatic rings. The van der Waals surface area contributed by atoms with Crippen molar-refractivity contribution in [3.63, 3.8) is 0 Å². The van der Waals surface area contributed by atoms with Crippen LogP contribution in [0, 0.1) is 0 Å². The number of hydrogen-bond donors (Lipinski definition) is 1. The van der Waals surface area contributed by atoms with E-state index in [4.69, 9.17) is 18.6 Å². The molecular formula is C20H21N3O5. The van der Waals surface area contributed by atoms with Crippen LogP contribution in [0.5, 0.6) is 17.2 Å². The maximum Gasteiger partial charge on any atom is 0.322 e. The van der Waals surface area contributed by atoms with Crippen molar-refractivity contribution in [1.29, 1.82) is 0 Å². The molecule has 1 N–H and O–H groups in total. The van der Waals surface area contributed by atoms with E-state index in [1.807, 2.05) is 26.0 Å². The van der Waals surface area contributed by atoms with Gasteiger partial charge in [-0.25, -0.2) is 0 Å². The van der Waals surface area contributed by atoms with Crippen LogP contribution < -0.4 is 19.5 Å². The highest BCUT2D eigenvalue weighted by Gasteiger charge is 2.12. The van der Waals surface area contributed by atoms with Crippen molar-refractivity contribution in [2.45, 2.75) is 13.8 Å². The van der Waals surface area contributed by atoms with Gasteiger partial charge in [0.1, 0.15) is 17.2 Å². The highest BCUT2D eigenvalue weighted by atomic mass is 16.5. The van der Waals surface area contributed by atoms with Crippen molar-refractivity contribution in [3.05, 3.63) is 48.5 Å². The second-order valence-corrected chi connectivity index (χ2v) is 5.61. The molecule has 0 bridgehead atoms. The molecule has 0 fully saturated rings. The average molecular weight is 383 g/mol. The van der Waals surface area contributed by atoms with Gasteiger partial charge in [-0.15, -0.1) is 5.10 Å². The topological polar surface area (TPSA) is 95.7 Å². The molecule has 0 atom stereocenters. The van der Waals surface area contributed by atoms with Gasteiger partial charge in [-0.1, -0.05) is 5.10 Å². The summed E-state index contributed by atoms with van der Waals surface area (Å²) >= 11 is 0. The second kappa shape index (κ2) is 9.40. The molecule has 1 heterocycles. The second-order valence-electron chi connectivity index (χ2n) is 5.61. The van der Waals surface area contributed by atoms with Crippen LogP contribution in [0.25, 0.3) is 11.5 Å². The SMILES string of the molecule is CCOc1ccc(OCC(=O)Nc2nnc(-c3ccc(OCC)cc3)o2)cc1. The summed E-state index contributed by atoms with van der Waals surface area (Å²) in [6.07, 6.45) is 0. The highest BCUT2D eigenvalue weighted by Crippen LogP contribution is 2.23. The zero-order chi connectivity index (χ0) is 19.8. The number of ether oxygens (including phenoxy) is 3. The summed E-state index contributed by atoms with van der Waals surface area (Å²) in [6.45, 7) is 4.82. The van der Waals surface area contributed by atoms with Gasteiger partial charge in [0, 0.05) is 5.56 Å². The van der Waals surface area contributed by atoms with Crippen molar-refractivity contribution < 1.29 is 23.4 Å². The van der Waals surface area contributed by atoms with Crippen molar-refractivity contribution >= 4 is 11.9 Å². The third-order valence-corrected chi connectivity index (χ3v) is 3.59. The standard InChI is InChI=1S/C20H21N3O5/c1-3-25-15-7-5-14(6-8-15)19-22-23-20(28-19)21-18(24)13-27-17-11-9-16(10-12-17)26-4-2/h5-12H,3-4,13H2,1-2H3,(H,21,23,24). The number of nitrogens with one attached hydrogen (secondary N) is 1. The van der Waals surface area contributed by atoms with Gasteiger partial charge < -0.3 is 18.6 Å². The van der Waals surface area contributed by atoms with Crippen molar-refractivity contribution in [3.8, 4) is 28.7 Å². The van der Waals surface area contributed by atoms with E-state index in [1.54, 1.807) is 36.4 Å². The van der Waals surface area contributed by atoms with E-state index < -0.39 is 5.91 Å². The van der Waals surface area contributed by atoms with Crippen LogP contribution in [-0.4, -0.2) is 35.9 Å². The molecule has 3 aromatic rings. The Hall–Kier alpha value is -3.55. The fourth-order valence-electron chi connectivity index (χ4n) is 2.35. The van der Waals surface area contributed by atoms with Gasteiger partial charge in [0.15, 0.2) is 6.61 Å². The molecule has 0 saturated carbocycles. The molecule has 1 aromatic heterocycles. The van der Waals surface area contributed by atoms with E-state index in [2.05, 4.69) is 15.5 Å². The van der Waals surface area contributed by atoms with Gasteiger partial charge in [0.05, 0.1) is 13.2 Å². The first-order chi connectivity index (χ1) is 13.7. The first-order valence-electron chi connectivity index (χ1n) is 8.90. The minimum absolute atomic E-state index is 0.00387. The zero-order valence-corrected chi connectivity index (χ0v) is 15.7. The van der Waals surface area contributed by atoms with E-state index >= 15 is 0 Å². The Morgan fingerprint density at radius 3 is 1.96 bits per heavy atom. The third kappa shape index (κ3) is 5.23. The molecule has 0 saturated heterocycles. The van der Waals surface area contributed by atoms with Gasteiger partial charge >= 0.3 is 6.01 Å². The maximum absolute atomic E-state index is 12.0. The predicted molar refractivity (Wildman–Crippen MR) is 103 cm³/mol. The zero-order valence-electron chi connectivity index (χ0n) is 15.7. The summed E-state index contributed by atoms with van der Waals surface area (Å²) in [4.78, 5) is 12.0. The molecule has 0 radical (unpaired) electrons. The lowest BCUT2D eigenvalue weighted by atomic mass is 10.2. The Morgan fingerprint density at radius 2 is 1.39 bits per heavy atom. The summed E-state index contributed by atoms with van der Waals surface area (Å²) in [5.74, 6) is 1.94. The Kier molecular flexibility index (Phi) is 6.46. The number of aromatic nitrogens is 2. The fraction of sp³-hybridized carbons (Fsp3) is 0.250. The Morgan fingerprint density at radius 1 is 0.857 bits per heavy atom. The minimum atomic E-state index is -0.407. The molecule has 0 aliphatic heterocycles. The monoisotopic (exact) mass is 383 g/mol. The lowest BCUT2D eigenvalue weighted by Crippen LogP contribution is -2.20. The fourth-order valence-corrected chi connectivity index (χ4v) is 2.35. The number of hydrogen-bond acceptors (Lipinski definition) is 7. The lowest BCUT2D eigenvalue weighted by Gasteiger charge is -2.07. The minimum Gasteiger partial charge on any atom is -0.494 e. The number of rotatable bonds is 9. The Bertz CT molecular complexity index is 891. The molecule has 8 nitrogen and oxygen atoms in total. The Balaban J connectivity index is 1.52. The molecule has 146 valence electrons. The third-order valence-electron chi connectivity index (χ3n) is 3.59. The van der Waals surface area contributed by atoms with Crippen LogP contribution in [0.3, 0.4) is 0 Å². The number of nitrogens with zero attached hydrogens (tertiary/aromatic N) is 2. The molecule has 1 amide bonds. The van der Waals surface area contributed by atoms with Crippen molar-refractivity contribution in [1.82, 2.24) is 10.2 Å². The number of amides is 1. The molecule has 0 aliphatic carbocycles. The molecule has 8 heteroatoms. The number of anilines is 1. The van der Waals surface area contributed by atoms with Gasteiger partial charge in [-0.3, -0.25) is 10.1 Å². The quantitative estimate of drug-likeness (QED) is 0.603. The molecule has 28 heavy (non-hydrogen) atoms. The Labute approximate surface area is 162 Å². The molecule has 2 aromatic carbocycles. The normalized spacial score (nSPS) is 10.4. The van der Waals surface area contributed by atoms with Gasteiger partial charge in [-0.05, 0) is 62.4 Å². The van der Waals surface area contributed by atoms with E-state index in [-0.39, 0.29) is 12.6 Å². The summed E-state index contributed by atoms with van der Waals surface area (Å²) in [5, 5.41) is 10.3. The molecule has 0 spiro atoms. The highest BCUT2D eigenvalue weighted by molar-refractivity contribution is 5.89. The van der Waals surface area contributed by atoms with Crippen LogP contribution in [0.2, 0.25) is 0 Å². The van der Waals surface area contributed by atoms with E-state index in [0.29, 0.717) is 24.9 Å². The van der Waals surface area contributed by atoms with E-state index in [1.165, 1.54) is 0 Å². The van der Waals surface area contributed by atoms with E-state index in [0.717, 1.165) is 17.1 Å². The summed E-state index contributed by atoms with van der Waals surface area (Å²) in [6, 6.07) is 14.2. The maximum atomic E-state index is 12.0. The van der Waals surface area contributed by atoms with Crippen LogP contribution in [0.15, 0.2) is 52.9 Å². The lowest BCUT2D eigenvalue weighted by molar-refractivity contribution is -0.118. The van der Waals surface area contributed by atoms with Gasteiger partial charge in [0.2, 0.25) is 5.89 Å². The first-order valence-corrected chi connectivity index (χ1v) is 8.90. The van der Waals surface area contributed by atoms with Crippen molar-refractivity contribution in [2.24, 2.45) is 0 Å². The van der Waals surface area contributed by atoms with Gasteiger partial charge in [0.25, 0.3) is 5.91 Å². The van der Waals surface area contributed by atoms with Gasteiger partial charge in [-0.2, -0.15) is 0 Å². The molecule has 3 rings (SSSR count). The number of carbonyl (C=O) groups is 1. The number of carbonyl (C=O) groups excluding carboxylic acids is 1. The summed E-state index contributed by atoms with van der Waals surface area (Å²) < 4.78 is 21.6. The van der Waals surface area contributed by atoms with E-state index in [9.17, 15) is 4.79 Å². The molecule has 0 unspecified atom stereocenters. The van der Waals surface area contributed by atoms with Crippen LogP contribution >= 0.6 is 0 Å². The van der Waals surface area contributed by atoms with Crippen LogP contribution in [-0.2, 0) is 4.79 Å². The van der Waals surface area contributed by atoms with Crippen LogP contribution in [0.4, 0.5) is 6.01 Å². The predicted octanol–water partition coefficient (Wildman–Crippen LogP) is 3.55. The largest absolute Gasteiger partial charge is 0.494 e. The van der Waals surface area contributed by atoms with Crippen LogP contribution in [0.1, 0.15) is 13.8 Å². The summed E-state index contributed by atoms with van der Waals surface area (Å²) in [5.41, 5.74) is 0.724. The smallest absolute Gasteiger partial charge is 0.322 e. The number of benzene rings is 2. The molecular weight excluding hydrogens is 362 g/mol.